The molecule has 3 heterocycles. The van der Waals surface area contributed by atoms with Gasteiger partial charge in [-0.25, -0.2) is 9.78 Å². The lowest BCUT2D eigenvalue weighted by molar-refractivity contribution is 0.122. The number of nitrogens with one attached hydrogen (secondary N) is 1. The monoisotopic (exact) mass is 430 g/mol. The number of piperazine rings is 1. The van der Waals surface area contributed by atoms with Crippen molar-refractivity contribution in [3.05, 3.63) is 40.5 Å². The first-order chi connectivity index (χ1) is 14.5. The highest BCUT2D eigenvalue weighted by atomic mass is 35.5. The highest BCUT2D eigenvalue weighted by molar-refractivity contribution is 6.31. The lowest BCUT2D eigenvalue weighted by atomic mass is 10.2. The number of carbonyl (C=O) groups excluding carboxylic acids is 1. The Hall–Kier alpha value is -2.58. The number of ether oxygens (including phenoxy) is 1. The lowest BCUT2D eigenvalue weighted by Gasteiger charge is -2.36. The van der Waals surface area contributed by atoms with Crippen molar-refractivity contribution in [3.63, 3.8) is 0 Å². The number of anilines is 3. The van der Waals surface area contributed by atoms with Crippen LogP contribution in [0.25, 0.3) is 0 Å². The minimum atomic E-state index is -0.109. The second kappa shape index (κ2) is 9.06. The standard InChI is InChI=1S/C21H27ClN6O2/c1-15-3-4-17(14-18(15)22)24-21(29)28-7-5-26(6-8-28)19-13-16(2)23-20(25-19)27-9-11-30-12-10-27/h3-4,13-14H,5-12H2,1-2H3,(H,24,29). The van der Waals surface area contributed by atoms with Gasteiger partial charge in [-0.3, -0.25) is 0 Å². The van der Waals surface area contributed by atoms with E-state index in [2.05, 4.69) is 20.1 Å². The number of rotatable bonds is 3. The second-order valence-electron chi connectivity index (χ2n) is 7.64. The predicted octanol–water partition coefficient (Wildman–Crippen LogP) is 2.94. The van der Waals surface area contributed by atoms with E-state index in [9.17, 15) is 4.79 Å². The van der Waals surface area contributed by atoms with Gasteiger partial charge in [0.1, 0.15) is 5.82 Å². The molecule has 4 rings (SSSR count). The highest BCUT2D eigenvalue weighted by Gasteiger charge is 2.23. The van der Waals surface area contributed by atoms with Gasteiger partial charge in [-0.05, 0) is 31.5 Å². The Kier molecular flexibility index (Phi) is 6.24. The number of benzene rings is 1. The predicted molar refractivity (Wildman–Crippen MR) is 119 cm³/mol. The normalized spacial score (nSPS) is 17.2. The average Bonchev–Trinajstić information content (AvgIpc) is 2.76. The fourth-order valence-corrected chi connectivity index (χ4v) is 3.80. The fourth-order valence-electron chi connectivity index (χ4n) is 3.62. The summed E-state index contributed by atoms with van der Waals surface area (Å²) in [6.45, 7) is 9.64. The van der Waals surface area contributed by atoms with Gasteiger partial charge in [0.2, 0.25) is 5.95 Å². The number of aromatic nitrogens is 2. The smallest absolute Gasteiger partial charge is 0.321 e. The first-order valence-corrected chi connectivity index (χ1v) is 10.6. The maximum absolute atomic E-state index is 12.6. The summed E-state index contributed by atoms with van der Waals surface area (Å²) in [5, 5.41) is 3.58. The van der Waals surface area contributed by atoms with Crippen LogP contribution in [0.1, 0.15) is 11.3 Å². The average molecular weight is 431 g/mol. The molecule has 2 aromatic rings. The van der Waals surface area contributed by atoms with Gasteiger partial charge in [-0.15, -0.1) is 0 Å². The summed E-state index contributed by atoms with van der Waals surface area (Å²) in [5.41, 5.74) is 2.64. The van der Waals surface area contributed by atoms with Crippen LogP contribution >= 0.6 is 11.6 Å². The Balaban J connectivity index is 1.37. The van der Waals surface area contributed by atoms with Gasteiger partial charge >= 0.3 is 6.03 Å². The molecule has 160 valence electrons. The third kappa shape index (κ3) is 4.76. The van der Waals surface area contributed by atoms with Gasteiger partial charge in [0.25, 0.3) is 0 Å². The van der Waals surface area contributed by atoms with Crippen LogP contribution in [0.15, 0.2) is 24.3 Å². The van der Waals surface area contributed by atoms with Crippen LogP contribution in [0, 0.1) is 13.8 Å². The summed E-state index contributed by atoms with van der Waals surface area (Å²) in [4.78, 5) is 28.2. The molecule has 2 aliphatic rings. The van der Waals surface area contributed by atoms with E-state index in [1.165, 1.54) is 0 Å². The Morgan fingerprint density at radius 3 is 2.43 bits per heavy atom. The Bertz CT molecular complexity index is 910. The first kappa shape index (κ1) is 20.7. The summed E-state index contributed by atoms with van der Waals surface area (Å²) < 4.78 is 5.43. The lowest BCUT2D eigenvalue weighted by Crippen LogP contribution is -2.50. The summed E-state index contributed by atoms with van der Waals surface area (Å²) in [5.74, 6) is 1.67. The minimum Gasteiger partial charge on any atom is -0.378 e. The van der Waals surface area contributed by atoms with E-state index in [0.29, 0.717) is 37.0 Å². The van der Waals surface area contributed by atoms with Crippen molar-refractivity contribution in [2.45, 2.75) is 13.8 Å². The van der Waals surface area contributed by atoms with Crippen molar-refractivity contribution < 1.29 is 9.53 Å². The molecule has 0 spiro atoms. The molecule has 0 bridgehead atoms. The third-order valence-corrected chi connectivity index (χ3v) is 5.84. The molecule has 0 aliphatic carbocycles. The van der Waals surface area contributed by atoms with Crippen LogP contribution in [-0.4, -0.2) is 73.4 Å². The number of aryl methyl sites for hydroxylation is 2. The number of morpholine rings is 1. The topological polar surface area (TPSA) is 73.8 Å². The molecule has 8 nitrogen and oxygen atoms in total. The van der Waals surface area contributed by atoms with Crippen LogP contribution in [0.4, 0.5) is 22.2 Å². The van der Waals surface area contributed by atoms with E-state index in [-0.39, 0.29) is 6.03 Å². The van der Waals surface area contributed by atoms with Crippen LogP contribution in [0.5, 0.6) is 0 Å². The third-order valence-electron chi connectivity index (χ3n) is 5.44. The Morgan fingerprint density at radius 1 is 1.00 bits per heavy atom. The second-order valence-corrected chi connectivity index (χ2v) is 8.04. The van der Waals surface area contributed by atoms with Gasteiger partial charge in [0.05, 0.1) is 13.2 Å². The van der Waals surface area contributed by atoms with E-state index in [0.717, 1.165) is 49.2 Å². The van der Waals surface area contributed by atoms with E-state index in [1.54, 1.807) is 6.07 Å². The molecular formula is C21H27ClN6O2. The first-order valence-electron chi connectivity index (χ1n) is 10.2. The minimum absolute atomic E-state index is 0.109. The molecule has 30 heavy (non-hydrogen) atoms. The Labute approximate surface area is 181 Å². The number of hydrogen-bond donors (Lipinski definition) is 1. The van der Waals surface area contributed by atoms with Gasteiger partial charge in [0, 0.05) is 61.7 Å². The van der Waals surface area contributed by atoms with Crippen LogP contribution < -0.4 is 15.1 Å². The van der Waals surface area contributed by atoms with E-state index < -0.39 is 0 Å². The van der Waals surface area contributed by atoms with Crippen molar-refractivity contribution in [1.29, 1.82) is 0 Å². The summed E-state index contributed by atoms with van der Waals surface area (Å²) in [6, 6.07) is 7.45. The molecule has 0 atom stereocenters. The van der Waals surface area contributed by atoms with Crippen molar-refractivity contribution in [2.24, 2.45) is 0 Å². The van der Waals surface area contributed by atoms with E-state index in [4.69, 9.17) is 21.3 Å². The van der Waals surface area contributed by atoms with Crippen molar-refractivity contribution >= 4 is 35.1 Å². The van der Waals surface area contributed by atoms with Gasteiger partial charge in [-0.1, -0.05) is 17.7 Å². The summed E-state index contributed by atoms with van der Waals surface area (Å²) in [7, 11) is 0. The molecule has 0 saturated carbocycles. The molecule has 1 aromatic heterocycles. The van der Waals surface area contributed by atoms with Crippen LogP contribution in [0.2, 0.25) is 5.02 Å². The highest BCUT2D eigenvalue weighted by Crippen LogP contribution is 2.22. The van der Waals surface area contributed by atoms with Crippen molar-refractivity contribution in [3.8, 4) is 0 Å². The molecular weight excluding hydrogens is 404 g/mol. The van der Waals surface area contributed by atoms with Crippen LogP contribution in [-0.2, 0) is 4.74 Å². The molecule has 0 radical (unpaired) electrons. The largest absolute Gasteiger partial charge is 0.378 e. The molecule has 1 N–H and O–H groups in total. The summed E-state index contributed by atoms with van der Waals surface area (Å²) in [6.07, 6.45) is 0. The molecule has 0 unspecified atom stereocenters. The molecule has 2 aliphatic heterocycles. The molecule has 9 heteroatoms. The molecule has 2 fully saturated rings. The zero-order valence-electron chi connectivity index (χ0n) is 17.4. The van der Waals surface area contributed by atoms with Crippen LogP contribution in [0.3, 0.4) is 0 Å². The number of halogens is 1. The quantitative estimate of drug-likeness (QED) is 0.807. The number of nitrogens with zero attached hydrogens (tertiary/aromatic N) is 5. The fraction of sp³-hybridized carbons (Fsp3) is 0.476. The van der Waals surface area contributed by atoms with Gasteiger partial charge in [0.15, 0.2) is 0 Å². The van der Waals surface area contributed by atoms with Gasteiger partial charge < -0.3 is 24.8 Å². The SMILES string of the molecule is Cc1cc(N2CCN(C(=O)Nc3ccc(C)c(Cl)c3)CC2)nc(N2CCOCC2)n1. The van der Waals surface area contributed by atoms with Gasteiger partial charge in [-0.2, -0.15) is 4.98 Å². The molecule has 1 aromatic carbocycles. The zero-order chi connectivity index (χ0) is 21.1. The van der Waals surface area contributed by atoms with Crippen molar-refractivity contribution in [1.82, 2.24) is 14.9 Å². The summed E-state index contributed by atoms with van der Waals surface area (Å²) >= 11 is 6.16. The number of urea groups is 1. The van der Waals surface area contributed by atoms with E-state index >= 15 is 0 Å². The number of hydrogen-bond acceptors (Lipinski definition) is 6. The number of carbonyl (C=O) groups is 1. The molecule has 2 saturated heterocycles. The Morgan fingerprint density at radius 2 is 1.73 bits per heavy atom. The molecule has 2 amide bonds. The van der Waals surface area contributed by atoms with Crippen molar-refractivity contribution in [2.75, 3.05) is 67.6 Å². The zero-order valence-corrected chi connectivity index (χ0v) is 18.2. The van der Waals surface area contributed by atoms with E-state index in [1.807, 2.05) is 36.9 Å². The maximum Gasteiger partial charge on any atom is 0.321 e. The maximum atomic E-state index is 12.6. The number of amides is 2.